The van der Waals surface area contributed by atoms with E-state index >= 15 is 0 Å². The Balaban J connectivity index is 1.87. The molecule has 7 nitrogen and oxygen atoms in total. The van der Waals surface area contributed by atoms with Crippen molar-refractivity contribution in [2.24, 2.45) is 12.8 Å². The summed E-state index contributed by atoms with van der Waals surface area (Å²) in [5.41, 5.74) is 5.95. The fourth-order valence-corrected chi connectivity index (χ4v) is 1.49. The predicted molar refractivity (Wildman–Crippen MR) is 71.1 cm³/mol. The highest BCUT2D eigenvalue weighted by Gasteiger charge is 2.02. The first-order valence-electron chi connectivity index (χ1n) is 5.35. The molecule has 2 heterocycles. The van der Waals surface area contributed by atoms with E-state index in [1.807, 2.05) is 11.6 Å². The van der Waals surface area contributed by atoms with Crippen molar-refractivity contribution in [3.05, 3.63) is 30.2 Å². The number of thiocarbonyl (C=S) groups is 1. The lowest BCUT2D eigenvalue weighted by Gasteiger charge is -2.05. The van der Waals surface area contributed by atoms with E-state index in [9.17, 15) is 0 Å². The van der Waals surface area contributed by atoms with Crippen molar-refractivity contribution in [3.8, 4) is 0 Å². The molecule has 0 aliphatic rings. The molecule has 3 N–H and O–H groups in total. The van der Waals surface area contributed by atoms with Gasteiger partial charge in [-0.05, 0) is 0 Å². The van der Waals surface area contributed by atoms with E-state index in [2.05, 4.69) is 25.5 Å². The van der Waals surface area contributed by atoms with Gasteiger partial charge in [0, 0.05) is 20.0 Å². The lowest BCUT2D eigenvalue weighted by molar-refractivity contribution is 0.787. The van der Waals surface area contributed by atoms with Crippen LogP contribution in [0.25, 0.3) is 0 Å². The van der Waals surface area contributed by atoms with Crippen LogP contribution in [0.15, 0.2) is 18.7 Å². The van der Waals surface area contributed by atoms with Gasteiger partial charge in [-0.3, -0.25) is 0 Å². The maximum absolute atomic E-state index is 5.44. The van der Waals surface area contributed by atoms with Crippen molar-refractivity contribution in [1.29, 1.82) is 0 Å². The highest BCUT2D eigenvalue weighted by atomic mass is 32.1. The molecule has 18 heavy (non-hydrogen) atoms. The van der Waals surface area contributed by atoms with E-state index in [0.717, 1.165) is 12.2 Å². The molecule has 0 saturated carbocycles. The zero-order valence-electron chi connectivity index (χ0n) is 9.87. The molecule has 2 rings (SSSR count). The first-order chi connectivity index (χ1) is 8.66. The molecule has 0 atom stereocenters. The molecule has 94 valence electrons. The van der Waals surface area contributed by atoms with Crippen LogP contribution in [-0.4, -0.2) is 36.3 Å². The van der Waals surface area contributed by atoms with Crippen molar-refractivity contribution in [1.82, 2.24) is 24.7 Å². The maximum Gasteiger partial charge on any atom is 0.144 e. The minimum Gasteiger partial charge on any atom is -0.388 e. The van der Waals surface area contributed by atoms with Crippen LogP contribution in [0.4, 0.5) is 5.82 Å². The number of nitrogens with one attached hydrogen (secondary N) is 1. The molecule has 8 heteroatoms. The molecule has 0 fully saturated rings. The maximum atomic E-state index is 5.44. The number of nitrogens with two attached hydrogens (primary N) is 1. The van der Waals surface area contributed by atoms with Crippen molar-refractivity contribution in [2.45, 2.75) is 6.42 Å². The van der Waals surface area contributed by atoms with Gasteiger partial charge >= 0.3 is 0 Å². The summed E-state index contributed by atoms with van der Waals surface area (Å²) in [6.07, 6.45) is 5.58. The Morgan fingerprint density at radius 2 is 2.28 bits per heavy atom. The zero-order valence-corrected chi connectivity index (χ0v) is 10.7. The average Bonchev–Trinajstić information content (AvgIpc) is 2.76. The van der Waals surface area contributed by atoms with Crippen LogP contribution in [0.3, 0.4) is 0 Å². The van der Waals surface area contributed by atoms with Crippen LogP contribution in [0.1, 0.15) is 11.5 Å². The van der Waals surface area contributed by atoms with Crippen LogP contribution >= 0.6 is 12.2 Å². The Morgan fingerprint density at radius 1 is 1.44 bits per heavy atom. The molecule has 0 radical (unpaired) electrons. The highest BCUT2D eigenvalue weighted by Crippen LogP contribution is 2.01. The van der Waals surface area contributed by atoms with Crippen LogP contribution < -0.4 is 11.1 Å². The normalized spacial score (nSPS) is 10.3. The number of aryl methyl sites for hydroxylation is 1. The van der Waals surface area contributed by atoms with Crippen LogP contribution in [0.5, 0.6) is 0 Å². The number of hydrogen-bond acceptors (Lipinski definition) is 6. The standard InChI is InChI=1S/C10H13N7S/c1-17-6-15-16-9(17)2-3-12-8-5-13-7(4-14-8)10(11)18/h4-6H,2-3H2,1H3,(H2,11,18)(H,12,14). The topological polar surface area (TPSA) is 94.5 Å². The second-order valence-corrected chi connectivity index (χ2v) is 4.13. The summed E-state index contributed by atoms with van der Waals surface area (Å²) in [6, 6.07) is 0. The van der Waals surface area contributed by atoms with Gasteiger partial charge in [0.1, 0.15) is 28.7 Å². The number of aromatic nitrogens is 5. The van der Waals surface area contributed by atoms with Crippen molar-refractivity contribution in [3.63, 3.8) is 0 Å². The summed E-state index contributed by atoms with van der Waals surface area (Å²) in [7, 11) is 1.91. The minimum atomic E-state index is 0.244. The lowest BCUT2D eigenvalue weighted by Crippen LogP contribution is -2.13. The molecule has 0 unspecified atom stereocenters. The van der Waals surface area contributed by atoms with E-state index < -0.39 is 0 Å². The van der Waals surface area contributed by atoms with Gasteiger partial charge in [-0.15, -0.1) is 10.2 Å². The molecule has 0 amide bonds. The second-order valence-electron chi connectivity index (χ2n) is 3.69. The molecular weight excluding hydrogens is 250 g/mol. The van der Waals surface area contributed by atoms with E-state index in [1.54, 1.807) is 18.7 Å². The first-order valence-corrected chi connectivity index (χ1v) is 5.76. The number of nitrogens with zero attached hydrogens (tertiary/aromatic N) is 5. The van der Waals surface area contributed by atoms with Crippen LogP contribution in [0.2, 0.25) is 0 Å². The fraction of sp³-hybridized carbons (Fsp3) is 0.300. The predicted octanol–water partition coefficient (Wildman–Crippen LogP) is -0.106. The van der Waals surface area contributed by atoms with Crippen molar-refractivity contribution < 1.29 is 0 Å². The minimum absolute atomic E-state index is 0.244. The largest absolute Gasteiger partial charge is 0.388 e. The Hall–Kier alpha value is -2.09. The second kappa shape index (κ2) is 5.50. The molecule has 0 aliphatic carbocycles. The van der Waals surface area contributed by atoms with E-state index in [4.69, 9.17) is 18.0 Å². The molecule has 0 spiro atoms. The first kappa shape index (κ1) is 12.4. The summed E-state index contributed by atoms with van der Waals surface area (Å²) >= 11 is 4.80. The Morgan fingerprint density at radius 3 is 2.83 bits per heavy atom. The SMILES string of the molecule is Cn1cnnc1CCNc1cnc(C(N)=S)cn1. The summed E-state index contributed by atoms with van der Waals surface area (Å²) in [5.74, 6) is 1.59. The third-order valence-corrected chi connectivity index (χ3v) is 2.57. The molecule has 2 aromatic rings. The molecule has 0 bridgehead atoms. The van der Waals surface area contributed by atoms with Gasteiger partial charge in [0.15, 0.2) is 0 Å². The van der Waals surface area contributed by atoms with E-state index in [0.29, 0.717) is 18.1 Å². The van der Waals surface area contributed by atoms with Gasteiger partial charge < -0.3 is 15.6 Å². The fourth-order valence-electron chi connectivity index (χ4n) is 1.38. The van der Waals surface area contributed by atoms with Gasteiger partial charge in [0.2, 0.25) is 0 Å². The zero-order chi connectivity index (χ0) is 13.0. The highest BCUT2D eigenvalue weighted by molar-refractivity contribution is 7.80. The summed E-state index contributed by atoms with van der Waals surface area (Å²) in [5, 5.41) is 10.9. The average molecular weight is 263 g/mol. The monoisotopic (exact) mass is 263 g/mol. The van der Waals surface area contributed by atoms with Crippen molar-refractivity contribution in [2.75, 3.05) is 11.9 Å². The Labute approximate surface area is 109 Å². The van der Waals surface area contributed by atoms with Crippen LogP contribution in [-0.2, 0) is 13.5 Å². The number of anilines is 1. The summed E-state index contributed by atoms with van der Waals surface area (Å²) in [4.78, 5) is 8.49. The van der Waals surface area contributed by atoms with Gasteiger partial charge in [-0.1, -0.05) is 12.2 Å². The smallest absolute Gasteiger partial charge is 0.144 e. The molecular formula is C10H13N7S. The van der Waals surface area contributed by atoms with Gasteiger partial charge in [0.05, 0.1) is 12.4 Å². The molecule has 2 aromatic heterocycles. The summed E-state index contributed by atoms with van der Waals surface area (Å²) < 4.78 is 1.88. The molecule has 0 aromatic carbocycles. The summed E-state index contributed by atoms with van der Waals surface area (Å²) in [6.45, 7) is 0.702. The van der Waals surface area contributed by atoms with Gasteiger partial charge in [0.25, 0.3) is 0 Å². The third-order valence-electron chi connectivity index (χ3n) is 2.36. The van der Waals surface area contributed by atoms with E-state index in [-0.39, 0.29) is 4.99 Å². The Bertz CT molecular complexity index is 533. The lowest BCUT2D eigenvalue weighted by atomic mass is 10.4. The van der Waals surface area contributed by atoms with Crippen molar-refractivity contribution >= 4 is 23.0 Å². The third kappa shape index (κ3) is 2.98. The van der Waals surface area contributed by atoms with Gasteiger partial charge in [-0.25, -0.2) is 9.97 Å². The molecule has 0 aliphatic heterocycles. The quantitative estimate of drug-likeness (QED) is 0.727. The molecule has 0 saturated heterocycles. The number of hydrogen-bond donors (Lipinski definition) is 2. The van der Waals surface area contributed by atoms with E-state index in [1.165, 1.54) is 0 Å². The number of rotatable bonds is 5. The van der Waals surface area contributed by atoms with Crippen LogP contribution in [0, 0.1) is 0 Å². The van der Waals surface area contributed by atoms with Gasteiger partial charge in [-0.2, -0.15) is 0 Å². The Kier molecular flexibility index (Phi) is 3.78.